The number of rotatable bonds is 6. The van der Waals surface area contributed by atoms with Gasteiger partial charge in [-0.3, -0.25) is 9.89 Å². The van der Waals surface area contributed by atoms with Gasteiger partial charge in [-0.15, -0.1) is 11.3 Å². The Bertz CT molecular complexity index is 800. The van der Waals surface area contributed by atoms with Crippen LogP contribution < -0.4 is 10.6 Å². The first-order valence-electron chi connectivity index (χ1n) is 9.64. The summed E-state index contributed by atoms with van der Waals surface area (Å²) in [5.74, 6) is -0.795. The number of likely N-dealkylation sites (tertiary alicyclic amines) is 1. The highest BCUT2D eigenvalue weighted by Crippen LogP contribution is 2.16. The van der Waals surface area contributed by atoms with Crippen molar-refractivity contribution in [1.82, 2.24) is 20.5 Å². The van der Waals surface area contributed by atoms with Crippen molar-refractivity contribution < 1.29 is 8.78 Å². The molecule has 1 saturated heterocycles. The molecule has 2 aromatic rings. The average Bonchev–Trinajstić information content (AvgIpc) is 3.17. The standard InChI is InChI=1S/C20H27F2N5S/c1-3-16-11-24-19(28-16)12-25-20(23-2)26-15-6-8-27(9-7-15)13-14-4-5-17(21)18(22)10-14/h4-5,10-11,15H,3,6-9,12-13H2,1-2H3,(H2,23,25,26). The van der Waals surface area contributed by atoms with Crippen LogP contribution in [0.2, 0.25) is 0 Å². The molecule has 1 aliphatic heterocycles. The van der Waals surface area contributed by atoms with Gasteiger partial charge in [0.2, 0.25) is 0 Å². The van der Waals surface area contributed by atoms with Gasteiger partial charge in [0.05, 0.1) is 6.54 Å². The van der Waals surface area contributed by atoms with Crippen LogP contribution in [0.25, 0.3) is 0 Å². The minimum atomic E-state index is -0.797. The lowest BCUT2D eigenvalue weighted by Gasteiger charge is -2.33. The minimum Gasteiger partial charge on any atom is -0.354 e. The maximum atomic E-state index is 13.4. The van der Waals surface area contributed by atoms with Gasteiger partial charge < -0.3 is 10.6 Å². The van der Waals surface area contributed by atoms with Gasteiger partial charge in [0, 0.05) is 43.8 Å². The molecule has 1 aliphatic rings. The van der Waals surface area contributed by atoms with E-state index in [0.29, 0.717) is 19.1 Å². The van der Waals surface area contributed by atoms with Crippen LogP contribution in [0.3, 0.4) is 0 Å². The van der Waals surface area contributed by atoms with E-state index in [2.05, 4.69) is 32.4 Å². The summed E-state index contributed by atoms with van der Waals surface area (Å²) < 4.78 is 26.4. The summed E-state index contributed by atoms with van der Waals surface area (Å²) in [6.45, 7) is 5.24. The number of aryl methyl sites for hydroxylation is 1. The van der Waals surface area contributed by atoms with Crippen molar-refractivity contribution in [3.05, 3.63) is 51.5 Å². The van der Waals surface area contributed by atoms with Gasteiger partial charge in [0.15, 0.2) is 17.6 Å². The molecular weight excluding hydrogens is 380 g/mol. The third-order valence-electron chi connectivity index (χ3n) is 4.90. The number of nitrogens with zero attached hydrogens (tertiary/aromatic N) is 3. The first kappa shape index (κ1) is 20.7. The third kappa shape index (κ3) is 5.72. The molecule has 0 aliphatic carbocycles. The summed E-state index contributed by atoms with van der Waals surface area (Å²) in [4.78, 5) is 12.3. The van der Waals surface area contributed by atoms with E-state index in [1.807, 2.05) is 6.20 Å². The summed E-state index contributed by atoms with van der Waals surface area (Å²) in [7, 11) is 1.77. The summed E-state index contributed by atoms with van der Waals surface area (Å²) in [6.07, 6.45) is 4.89. The van der Waals surface area contributed by atoms with Crippen molar-refractivity contribution in [2.75, 3.05) is 20.1 Å². The normalized spacial score (nSPS) is 16.4. The lowest BCUT2D eigenvalue weighted by atomic mass is 10.0. The van der Waals surface area contributed by atoms with Gasteiger partial charge >= 0.3 is 0 Å². The molecule has 8 heteroatoms. The molecule has 5 nitrogen and oxygen atoms in total. The zero-order valence-electron chi connectivity index (χ0n) is 16.3. The first-order valence-corrected chi connectivity index (χ1v) is 10.5. The quantitative estimate of drug-likeness (QED) is 0.570. The van der Waals surface area contributed by atoms with Gasteiger partial charge in [-0.05, 0) is 37.0 Å². The number of guanidine groups is 1. The predicted octanol–water partition coefficient (Wildman–Crippen LogP) is 3.31. The number of aliphatic imine (C=N–C) groups is 1. The molecule has 0 atom stereocenters. The lowest BCUT2D eigenvalue weighted by molar-refractivity contribution is 0.198. The van der Waals surface area contributed by atoms with Crippen LogP contribution in [0, 0.1) is 11.6 Å². The van der Waals surface area contributed by atoms with Crippen molar-refractivity contribution in [2.45, 2.75) is 45.3 Å². The van der Waals surface area contributed by atoms with E-state index in [1.165, 1.54) is 17.0 Å². The molecular formula is C20H27F2N5S. The van der Waals surface area contributed by atoms with E-state index in [1.54, 1.807) is 24.5 Å². The van der Waals surface area contributed by atoms with Gasteiger partial charge in [-0.25, -0.2) is 13.8 Å². The minimum absolute atomic E-state index is 0.343. The maximum Gasteiger partial charge on any atom is 0.191 e. The summed E-state index contributed by atoms with van der Waals surface area (Å²) in [6, 6.07) is 4.47. The Morgan fingerprint density at radius 3 is 2.71 bits per heavy atom. The number of thiazole rings is 1. The molecule has 28 heavy (non-hydrogen) atoms. The van der Waals surface area contributed by atoms with E-state index < -0.39 is 11.6 Å². The summed E-state index contributed by atoms with van der Waals surface area (Å²) >= 11 is 1.72. The molecule has 152 valence electrons. The average molecular weight is 408 g/mol. The fraction of sp³-hybridized carbons (Fsp3) is 0.500. The van der Waals surface area contributed by atoms with E-state index in [0.717, 1.165) is 48.9 Å². The molecule has 0 radical (unpaired) electrons. The third-order valence-corrected chi connectivity index (χ3v) is 6.04. The number of piperidine rings is 1. The van der Waals surface area contributed by atoms with Gasteiger partial charge in [0.25, 0.3) is 0 Å². The molecule has 0 unspecified atom stereocenters. The largest absolute Gasteiger partial charge is 0.354 e. The Morgan fingerprint density at radius 1 is 1.29 bits per heavy atom. The molecule has 0 spiro atoms. The van der Waals surface area contributed by atoms with Crippen LogP contribution in [-0.2, 0) is 19.5 Å². The number of benzene rings is 1. The van der Waals surface area contributed by atoms with Gasteiger partial charge in [0.1, 0.15) is 5.01 Å². The number of hydrogen-bond donors (Lipinski definition) is 2. The second-order valence-electron chi connectivity index (χ2n) is 6.94. The summed E-state index contributed by atoms with van der Waals surface area (Å²) in [5.41, 5.74) is 0.803. The van der Waals surface area contributed by atoms with Crippen LogP contribution in [-0.4, -0.2) is 42.0 Å². The van der Waals surface area contributed by atoms with Crippen molar-refractivity contribution in [3.63, 3.8) is 0 Å². The van der Waals surface area contributed by atoms with Crippen molar-refractivity contribution in [1.29, 1.82) is 0 Å². The van der Waals surface area contributed by atoms with Crippen LogP contribution in [0.5, 0.6) is 0 Å². The molecule has 1 fully saturated rings. The number of nitrogens with one attached hydrogen (secondary N) is 2. The van der Waals surface area contributed by atoms with E-state index in [-0.39, 0.29) is 0 Å². The summed E-state index contributed by atoms with van der Waals surface area (Å²) in [5, 5.41) is 7.86. The van der Waals surface area contributed by atoms with E-state index >= 15 is 0 Å². The Hall–Kier alpha value is -2.06. The van der Waals surface area contributed by atoms with Crippen molar-refractivity contribution in [3.8, 4) is 0 Å². The Kier molecular flexibility index (Phi) is 7.33. The molecule has 2 heterocycles. The highest BCUT2D eigenvalue weighted by molar-refractivity contribution is 7.11. The SMILES string of the molecule is CCc1cnc(CNC(=NC)NC2CCN(Cc3ccc(F)c(F)c3)CC2)s1. The van der Waals surface area contributed by atoms with E-state index in [9.17, 15) is 8.78 Å². The maximum absolute atomic E-state index is 13.4. The molecule has 3 rings (SSSR count). The van der Waals surface area contributed by atoms with Crippen LogP contribution in [0.4, 0.5) is 8.78 Å². The van der Waals surface area contributed by atoms with Gasteiger partial charge in [-0.1, -0.05) is 13.0 Å². The van der Waals surface area contributed by atoms with Crippen LogP contribution in [0.1, 0.15) is 35.2 Å². The highest BCUT2D eigenvalue weighted by Gasteiger charge is 2.20. The Labute approximate surface area is 168 Å². The van der Waals surface area contributed by atoms with Crippen LogP contribution >= 0.6 is 11.3 Å². The second kappa shape index (κ2) is 9.93. The number of hydrogen-bond acceptors (Lipinski definition) is 4. The zero-order chi connectivity index (χ0) is 19.9. The fourth-order valence-corrected chi connectivity index (χ4v) is 4.07. The lowest BCUT2D eigenvalue weighted by Crippen LogP contribution is -2.48. The monoisotopic (exact) mass is 407 g/mol. The Morgan fingerprint density at radius 2 is 2.07 bits per heavy atom. The second-order valence-corrected chi connectivity index (χ2v) is 8.14. The fourth-order valence-electron chi connectivity index (χ4n) is 3.27. The van der Waals surface area contributed by atoms with Crippen molar-refractivity contribution in [2.24, 2.45) is 4.99 Å². The van der Waals surface area contributed by atoms with Crippen molar-refractivity contribution >= 4 is 17.3 Å². The first-order chi connectivity index (χ1) is 13.6. The predicted molar refractivity (Wildman–Crippen MR) is 109 cm³/mol. The highest BCUT2D eigenvalue weighted by atomic mass is 32.1. The van der Waals surface area contributed by atoms with E-state index in [4.69, 9.17) is 0 Å². The molecule has 1 aromatic carbocycles. The number of halogens is 2. The topological polar surface area (TPSA) is 52.6 Å². The molecule has 0 saturated carbocycles. The smallest absolute Gasteiger partial charge is 0.191 e. The molecule has 0 bridgehead atoms. The Balaban J connectivity index is 1.42. The van der Waals surface area contributed by atoms with Gasteiger partial charge in [-0.2, -0.15) is 0 Å². The molecule has 2 N–H and O–H groups in total. The molecule has 0 amide bonds. The zero-order valence-corrected chi connectivity index (χ0v) is 17.2. The van der Waals surface area contributed by atoms with Crippen LogP contribution in [0.15, 0.2) is 29.4 Å². The number of aromatic nitrogens is 1. The molecule has 1 aromatic heterocycles.